The molecule has 0 bridgehead atoms. The first-order chi connectivity index (χ1) is 16.3. The van der Waals surface area contributed by atoms with Gasteiger partial charge in [-0.05, 0) is 43.2 Å². The summed E-state index contributed by atoms with van der Waals surface area (Å²) < 4.78 is 31.7. The van der Waals surface area contributed by atoms with Crippen molar-refractivity contribution in [3.8, 4) is 0 Å². The van der Waals surface area contributed by atoms with Crippen LogP contribution < -0.4 is 4.90 Å². The highest BCUT2D eigenvalue weighted by Gasteiger charge is 2.27. The van der Waals surface area contributed by atoms with Crippen LogP contribution in [0, 0.1) is 6.92 Å². The lowest BCUT2D eigenvalue weighted by Gasteiger charge is -2.28. The SMILES string of the molecule is CCS(=O)(=O)c1ccccc1C(=O)N(CCCN1CCOCC1)c1nc2c(C)cc(Cl)cc2s1. The summed E-state index contributed by atoms with van der Waals surface area (Å²) in [6.07, 6.45) is 0.726. The highest BCUT2D eigenvalue weighted by Crippen LogP contribution is 2.34. The zero-order valence-corrected chi connectivity index (χ0v) is 21.7. The van der Waals surface area contributed by atoms with Crippen molar-refractivity contribution in [2.75, 3.05) is 50.0 Å². The number of carbonyl (C=O) groups is 1. The number of benzene rings is 2. The first-order valence-corrected chi connectivity index (χ1v) is 14.2. The molecule has 1 aliphatic heterocycles. The van der Waals surface area contributed by atoms with Crippen LogP contribution in [0.25, 0.3) is 10.2 Å². The maximum atomic E-state index is 13.8. The highest BCUT2D eigenvalue weighted by molar-refractivity contribution is 7.91. The number of hydrogen-bond acceptors (Lipinski definition) is 7. The van der Waals surface area contributed by atoms with Crippen molar-refractivity contribution in [2.45, 2.75) is 25.2 Å². The third-order valence-electron chi connectivity index (χ3n) is 5.91. The lowest BCUT2D eigenvalue weighted by Crippen LogP contribution is -2.39. The van der Waals surface area contributed by atoms with E-state index < -0.39 is 9.84 Å². The molecule has 0 aliphatic carbocycles. The molecule has 1 saturated heterocycles. The number of amides is 1. The van der Waals surface area contributed by atoms with Gasteiger partial charge in [0.1, 0.15) is 0 Å². The van der Waals surface area contributed by atoms with Gasteiger partial charge in [0, 0.05) is 31.2 Å². The van der Waals surface area contributed by atoms with Crippen LogP contribution in [0.1, 0.15) is 29.3 Å². The molecule has 34 heavy (non-hydrogen) atoms. The Morgan fingerprint density at radius 2 is 1.97 bits per heavy atom. The fraction of sp³-hybridized carbons (Fsp3) is 0.417. The molecule has 4 rings (SSSR count). The number of thiazole rings is 1. The molecule has 0 N–H and O–H groups in total. The summed E-state index contributed by atoms with van der Waals surface area (Å²) >= 11 is 7.63. The Balaban J connectivity index is 1.69. The number of morpholine rings is 1. The van der Waals surface area contributed by atoms with Gasteiger partial charge in [0.15, 0.2) is 15.0 Å². The molecule has 1 fully saturated rings. The van der Waals surface area contributed by atoms with E-state index >= 15 is 0 Å². The summed E-state index contributed by atoms with van der Waals surface area (Å²) in [5, 5.41) is 1.15. The van der Waals surface area contributed by atoms with Crippen molar-refractivity contribution in [1.82, 2.24) is 9.88 Å². The van der Waals surface area contributed by atoms with Crippen LogP contribution in [0.2, 0.25) is 5.02 Å². The van der Waals surface area contributed by atoms with Crippen LogP contribution >= 0.6 is 22.9 Å². The van der Waals surface area contributed by atoms with Gasteiger partial charge in [-0.25, -0.2) is 13.4 Å². The number of carbonyl (C=O) groups excluding carboxylic acids is 1. The average molecular weight is 522 g/mol. The van der Waals surface area contributed by atoms with Crippen molar-refractivity contribution in [3.05, 3.63) is 52.5 Å². The van der Waals surface area contributed by atoms with Crippen LogP contribution in [-0.2, 0) is 14.6 Å². The molecular weight excluding hydrogens is 494 g/mol. The number of rotatable bonds is 8. The molecule has 0 atom stereocenters. The fourth-order valence-corrected chi connectivity index (χ4v) is 6.57. The Bertz CT molecular complexity index is 1290. The normalized spacial score (nSPS) is 15.0. The third-order valence-corrected chi connectivity index (χ3v) is 8.94. The number of hydrogen-bond donors (Lipinski definition) is 0. The lowest BCUT2D eigenvalue weighted by molar-refractivity contribution is 0.0376. The van der Waals surface area contributed by atoms with Crippen molar-refractivity contribution < 1.29 is 17.9 Å². The quantitative estimate of drug-likeness (QED) is 0.436. The molecule has 7 nitrogen and oxygen atoms in total. The summed E-state index contributed by atoms with van der Waals surface area (Å²) in [6, 6.07) is 10.1. The minimum atomic E-state index is -3.57. The van der Waals surface area contributed by atoms with Gasteiger partial charge >= 0.3 is 0 Å². The lowest BCUT2D eigenvalue weighted by atomic mass is 10.2. The van der Waals surface area contributed by atoms with E-state index in [-0.39, 0.29) is 22.1 Å². The van der Waals surface area contributed by atoms with Gasteiger partial charge < -0.3 is 4.74 Å². The predicted molar refractivity (Wildman–Crippen MR) is 137 cm³/mol. The van der Waals surface area contributed by atoms with Gasteiger partial charge in [-0.15, -0.1) is 0 Å². The number of aromatic nitrogens is 1. The third kappa shape index (κ3) is 5.44. The van der Waals surface area contributed by atoms with Crippen LogP contribution in [0.5, 0.6) is 0 Å². The summed E-state index contributed by atoms with van der Waals surface area (Å²) in [7, 11) is -3.57. The van der Waals surface area contributed by atoms with Gasteiger partial charge in [-0.1, -0.05) is 42.0 Å². The second-order valence-corrected chi connectivity index (χ2v) is 11.9. The zero-order chi connectivity index (χ0) is 24.3. The van der Waals surface area contributed by atoms with Crippen molar-refractivity contribution in [1.29, 1.82) is 0 Å². The van der Waals surface area contributed by atoms with Gasteiger partial charge in [-0.2, -0.15) is 0 Å². The molecule has 1 amide bonds. The molecule has 0 saturated carbocycles. The van der Waals surface area contributed by atoms with E-state index in [4.69, 9.17) is 21.3 Å². The second-order valence-electron chi connectivity index (χ2n) is 8.23. The summed E-state index contributed by atoms with van der Waals surface area (Å²) in [4.78, 5) is 22.5. The van der Waals surface area contributed by atoms with Gasteiger partial charge in [-0.3, -0.25) is 14.6 Å². The van der Waals surface area contributed by atoms with Crippen molar-refractivity contribution in [2.24, 2.45) is 0 Å². The number of aryl methyl sites for hydroxylation is 1. The Morgan fingerprint density at radius 3 is 2.71 bits per heavy atom. The van der Waals surface area contributed by atoms with Gasteiger partial charge in [0.2, 0.25) is 0 Å². The molecule has 1 aliphatic rings. The smallest absolute Gasteiger partial charge is 0.261 e. The molecule has 0 radical (unpaired) electrons. The Labute approximate surface area is 209 Å². The minimum absolute atomic E-state index is 0.0565. The maximum Gasteiger partial charge on any atom is 0.261 e. The summed E-state index contributed by atoms with van der Waals surface area (Å²) in [5.74, 6) is -0.440. The van der Waals surface area contributed by atoms with E-state index in [2.05, 4.69) is 4.90 Å². The van der Waals surface area contributed by atoms with E-state index in [0.29, 0.717) is 29.9 Å². The monoisotopic (exact) mass is 521 g/mol. The Kier molecular flexibility index (Phi) is 7.89. The highest BCUT2D eigenvalue weighted by atomic mass is 35.5. The molecular formula is C24H28ClN3O4S2. The van der Waals surface area contributed by atoms with Crippen LogP contribution in [0.4, 0.5) is 5.13 Å². The summed E-state index contributed by atoms with van der Waals surface area (Å²) in [5.41, 5.74) is 1.90. The number of sulfone groups is 1. The van der Waals surface area contributed by atoms with E-state index in [1.165, 1.54) is 17.4 Å². The Hall–Kier alpha value is -2.04. The maximum absolute atomic E-state index is 13.8. The number of fused-ring (bicyclic) bond motifs is 1. The molecule has 0 spiro atoms. The van der Waals surface area contributed by atoms with E-state index in [1.807, 2.05) is 19.1 Å². The molecule has 1 aromatic heterocycles. The summed E-state index contributed by atoms with van der Waals surface area (Å²) in [6.45, 7) is 7.91. The topological polar surface area (TPSA) is 79.8 Å². The van der Waals surface area contributed by atoms with E-state index in [0.717, 1.165) is 41.8 Å². The fourth-order valence-electron chi connectivity index (χ4n) is 4.03. The second kappa shape index (κ2) is 10.7. The number of ether oxygens (including phenoxy) is 1. The number of halogens is 1. The molecule has 2 heterocycles. The number of nitrogens with zero attached hydrogens (tertiary/aromatic N) is 3. The minimum Gasteiger partial charge on any atom is -0.379 e. The Morgan fingerprint density at radius 1 is 1.24 bits per heavy atom. The first-order valence-electron chi connectivity index (χ1n) is 11.3. The van der Waals surface area contributed by atoms with Crippen molar-refractivity contribution >= 4 is 54.0 Å². The van der Waals surface area contributed by atoms with Crippen LogP contribution in [-0.4, -0.2) is 69.4 Å². The molecule has 3 aromatic rings. The largest absolute Gasteiger partial charge is 0.379 e. The average Bonchev–Trinajstić information content (AvgIpc) is 3.26. The number of anilines is 1. The van der Waals surface area contributed by atoms with E-state index in [9.17, 15) is 13.2 Å². The van der Waals surface area contributed by atoms with Gasteiger partial charge in [0.05, 0.1) is 39.6 Å². The van der Waals surface area contributed by atoms with Crippen molar-refractivity contribution in [3.63, 3.8) is 0 Å². The standard InChI is InChI=1S/C24H28ClN3O4S2/c1-3-34(30,31)21-8-5-4-7-19(21)23(29)28(10-6-9-27-11-13-32-14-12-27)24-26-22-17(2)15-18(25)16-20(22)33-24/h4-5,7-8,15-16H,3,6,9-14H2,1-2H3. The predicted octanol–water partition coefficient (Wildman–Crippen LogP) is 4.42. The molecule has 0 unspecified atom stereocenters. The van der Waals surface area contributed by atoms with Gasteiger partial charge in [0.25, 0.3) is 5.91 Å². The van der Waals surface area contributed by atoms with Crippen LogP contribution in [0.15, 0.2) is 41.3 Å². The molecule has 10 heteroatoms. The molecule has 2 aromatic carbocycles. The van der Waals surface area contributed by atoms with E-state index in [1.54, 1.807) is 30.0 Å². The van der Waals surface area contributed by atoms with Crippen LogP contribution in [0.3, 0.4) is 0 Å². The zero-order valence-electron chi connectivity index (χ0n) is 19.3. The molecule has 182 valence electrons. The first kappa shape index (κ1) is 25.1.